The SMILES string of the molecule is CCc1cc2c(cn1)=CCCC=2. The summed E-state index contributed by atoms with van der Waals surface area (Å²) in [5, 5.41) is 2.67. The van der Waals surface area contributed by atoms with Crippen molar-refractivity contribution in [1.82, 2.24) is 4.98 Å². The molecule has 1 aromatic rings. The van der Waals surface area contributed by atoms with E-state index in [9.17, 15) is 0 Å². The van der Waals surface area contributed by atoms with E-state index in [4.69, 9.17) is 0 Å². The lowest BCUT2D eigenvalue weighted by atomic mass is 10.1. The maximum absolute atomic E-state index is 4.36. The number of nitrogens with zero attached hydrogens (tertiary/aromatic N) is 1. The van der Waals surface area contributed by atoms with Crippen LogP contribution in [-0.4, -0.2) is 4.98 Å². The summed E-state index contributed by atoms with van der Waals surface area (Å²) in [5.41, 5.74) is 1.19. The summed E-state index contributed by atoms with van der Waals surface area (Å²) in [6.45, 7) is 2.14. The summed E-state index contributed by atoms with van der Waals surface area (Å²) < 4.78 is 0. The van der Waals surface area contributed by atoms with E-state index < -0.39 is 0 Å². The van der Waals surface area contributed by atoms with Gasteiger partial charge in [-0.3, -0.25) is 4.98 Å². The van der Waals surface area contributed by atoms with E-state index in [0.29, 0.717) is 0 Å². The van der Waals surface area contributed by atoms with Crippen LogP contribution in [0.25, 0.3) is 12.2 Å². The lowest BCUT2D eigenvalue weighted by Crippen LogP contribution is -2.27. The van der Waals surface area contributed by atoms with Gasteiger partial charge in [-0.1, -0.05) is 19.1 Å². The van der Waals surface area contributed by atoms with Crippen LogP contribution in [0.3, 0.4) is 0 Å². The number of aryl methyl sites for hydroxylation is 1. The Morgan fingerprint density at radius 2 is 2.00 bits per heavy atom. The van der Waals surface area contributed by atoms with Gasteiger partial charge in [0.1, 0.15) is 0 Å². The zero-order valence-electron chi connectivity index (χ0n) is 7.38. The highest BCUT2D eigenvalue weighted by molar-refractivity contribution is 5.37. The minimum Gasteiger partial charge on any atom is -0.261 e. The highest BCUT2D eigenvalue weighted by Crippen LogP contribution is 1.95. The molecule has 0 radical (unpaired) electrons. The summed E-state index contributed by atoms with van der Waals surface area (Å²) in [6.07, 6.45) is 9.93. The molecule has 2 rings (SSSR count). The van der Waals surface area contributed by atoms with E-state index in [0.717, 1.165) is 6.42 Å². The second-order valence-corrected chi connectivity index (χ2v) is 3.14. The van der Waals surface area contributed by atoms with Crippen LogP contribution in [0.2, 0.25) is 0 Å². The summed E-state index contributed by atoms with van der Waals surface area (Å²) in [5.74, 6) is 0. The first-order valence-corrected chi connectivity index (χ1v) is 4.55. The summed E-state index contributed by atoms with van der Waals surface area (Å²) >= 11 is 0. The fourth-order valence-corrected chi connectivity index (χ4v) is 1.55. The second-order valence-electron chi connectivity index (χ2n) is 3.14. The van der Waals surface area contributed by atoms with E-state index in [1.54, 1.807) is 0 Å². The Hall–Kier alpha value is -1.11. The molecule has 0 aromatic carbocycles. The lowest BCUT2D eigenvalue weighted by Gasteiger charge is -2.00. The molecule has 0 fully saturated rings. The number of hydrogen-bond acceptors (Lipinski definition) is 1. The smallest absolute Gasteiger partial charge is 0.0407 e. The first-order valence-electron chi connectivity index (χ1n) is 4.55. The number of hydrogen-bond donors (Lipinski definition) is 0. The van der Waals surface area contributed by atoms with Gasteiger partial charge in [0.15, 0.2) is 0 Å². The van der Waals surface area contributed by atoms with E-state index in [2.05, 4.69) is 30.1 Å². The van der Waals surface area contributed by atoms with Gasteiger partial charge < -0.3 is 0 Å². The van der Waals surface area contributed by atoms with Crippen molar-refractivity contribution in [3.8, 4) is 0 Å². The Morgan fingerprint density at radius 1 is 1.25 bits per heavy atom. The minimum absolute atomic E-state index is 1.03. The summed E-state index contributed by atoms with van der Waals surface area (Å²) in [6, 6.07) is 2.20. The molecule has 0 bridgehead atoms. The van der Waals surface area contributed by atoms with Gasteiger partial charge in [0.05, 0.1) is 0 Å². The number of pyridine rings is 1. The fraction of sp³-hybridized carbons (Fsp3) is 0.364. The molecule has 1 aliphatic carbocycles. The van der Waals surface area contributed by atoms with Crippen molar-refractivity contribution in [2.45, 2.75) is 26.2 Å². The maximum atomic E-state index is 4.36. The molecular weight excluding hydrogens is 146 g/mol. The molecule has 1 aromatic heterocycles. The minimum atomic E-state index is 1.03. The average Bonchev–Trinajstić information content (AvgIpc) is 2.17. The molecule has 1 nitrogen and oxygen atoms in total. The molecule has 0 saturated carbocycles. The molecule has 1 heteroatoms. The van der Waals surface area contributed by atoms with Crippen LogP contribution < -0.4 is 10.4 Å². The normalized spacial score (nSPS) is 14.4. The molecule has 1 heterocycles. The molecule has 1 aliphatic rings. The van der Waals surface area contributed by atoms with Crippen LogP contribution >= 0.6 is 0 Å². The molecule has 0 saturated heterocycles. The molecule has 0 unspecified atom stereocenters. The third-order valence-corrected chi connectivity index (χ3v) is 2.28. The predicted molar refractivity (Wildman–Crippen MR) is 51.0 cm³/mol. The highest BCUT2D eigenvalue weighted by Gasteiger charge is 1.94. The largest absolute Gasteiger partial charge is 0.261 e. The van der Waals surface area contributed by atoms with Crippen molar-refractivity contribution < 1.29 is 0 Å². The quantitative estimate of drug-likeness (QED) is 0.595. The van der Waals surface area contributed by atoms with Gasteiger partial charge in [0.25, 0.3) is 0 Å². The van der Waals surface area contributed by atoms with Gasteiger partial charge in [-0.2, -0.15) is 0 Å². The topological polar surface area (TPSA) is 12.9 Å². The zero-order valence-corrected chi connectivity index (χ0v) is 7.38. The summed E-state index contributed by atoms with van der Waals surface area (Å²) in [4.78, 5) is 4.36. The van der Waals surface area contributed by atoms with Crippen LogP contribution in [0.4, 0.5) is 0 Å². The van der Waals surface area contributed by atoms with Crippen LogP contribution in [0.15, 0.2) is 12.3 Å². The standard InChI is InChI=1S/C11H13N/c1-2-11-7-9-5-3-4-6-10(9)8-12-11/h5-8H,2-4H2,1H3. The molecule has 0 aliphatic heterocycles. The Kier molecular flexibility index (Phi) is 1.94. The van der Waals surface area contributed by atoms with E-state index in [1.165, 1.54) is 29.0 Å². The van der Waals surface area contributed by atoms with Gasteiger partial charge in [0, 0.05) is 11.9 Å². The molecular formula is C11H13N. The van der Waals surface area contributed by atoms with E-state index in [-0.39, 0.29) is 0 Å². The highest BCUT2D eigenvalue weighted by atomic mass is 14.7. The number of aromatic nitrogens is 1. The van der Waals surface area contributed by atoms with Crippen LogP contribution in [0, 0.1) is 0 Å². The second kappa shape index (κ2) is 3.10. The molecule has 0 spiro atoms. The predicted octanol–water partition coefficient (Wildman–Crippen LogP) is 0.999. The summed E-state index contributed by atoms with van der Waals surface area (Å²) in [7, 11) is 0. The van der Waals surface area contributed by atoms with Gasteiger partial charge in [-0.25, -0.2) is 0 Å². The third-order valence-electron chi connectivity index (χ3n) is 2.28. The third kappa shape index (κ3) is 1.27. The van der Waals surface area contributed by atoms with Crippen molar-refractivity contribution in [3.05, 3.63) is 28.4 Å². The van der Waals surface area contributed by atoms with Crippen LogP contribution in [0.1, 0.15) is 25.5 Å². The average molecular weight is 159 g/mol. The molecule has 12 heavy (non-hydrogen) atoms. The van der Waals surface area contributed by atoms with Crippen molar-refractivity contribution in [3.63, 3.8) is 0 Å². The van der Waals surface area contributed by atoms with Gasteiger partial charge in [-0.05, 0) is 35.8 Å². The van der Waals surface area contributed by atoms with E-state index >= 15 is 0 Å². The monoisotopic (exact) mass is 159 g/mol. The van der Waals surface area contributed by atoms with Crippen molar-refractivity contribution in [2.24, 2.45) is 0 Å². The lowest BCUT2D eigenvalue weighted by molar-refractivity contribution is 1.01. The van der Waals surface area contributed by atoms with E-state index in [1.807, 2.05) is 6.20 Å². The fourth-order valence-electron chi connectivity index (χ4n) is 1.55. The van der Waals surface area contributed by atoms with Crippen molar-refractivity contribution in [1.29, 1.82) is 0 Å². The van der Waals surface area contributed by atoms with Crippen molar-refractivity contribution in [2.75, 3.05) is 0 Å². The van der Waals surface area contributed by atoms with Crippen LogP contribution in [0.5, 0.6) is 0 Å². The van der Waals surface area contributed by atoms with Gasteiger partial charge in [0.2, 0.25) is 0 Å². The zero-order chi connectivity index (χ0) is 8.39. The van der Waals surface area contributed by atoms with Gasteiger partial charge >= 0.3 is 0 Å². The Balaban J connectivity index is 2.65. The molecule has 62 valence electrons. The molecule has 0 N–H and O–H groups in total. The Bertz CT molecular complexity index is 390. The Morgan fingerprint density at radius 3 is 2.75 bits per heavy atom. The van der Waals surface area contributed by atoms with Crippen LogP contribution in [-0.2, 0) is 6.42 Å². The Labute approximate surface area is 72.5 Å². The van der Waals surface area contributed by atoms with Crippen molar-refractivity contribution >= 4 is 12.2 Å². The number of fused-ring (bicyclic) bond motifs is 1. The molecule has 0 atom stereocenters. The van der Waals surface area contributed by atoms with Gasteiger partial charge in [-0.15, -0.1) is 0 Å². The first kappa shape index (κ1) is 7.53. The molecule has 0 amide bonds. The first-order chi connectivity index (χ1) is 5.90. The maximum Gasteiger partial charge on any atom is 0.0407 e. The number of rotatable bonds is 1.